The molecule has 0 saturated carbocycles. The van der Waals surface area contributed by atoms with Gasteiger partial charge in [0.05, 0.1) is 9.82 Å². The first-order chi connectivity index (χ1) is 9.31. The summed E-state index contributed by atoms with van der Waals surface area (Å²) in [5.41, 5.74) is -0.918. The van der Waals surface area contributed by atoms with E-state index >= 15 is 0 Å². The summed E-state index contributed by atoms with van der Waals surface area (Å²) in [5, 5.41) is 13.7. The van der Waals surface area contributed by atoms with Crippen molar-refractivity contribution in [1.82, 2.24) is 10.0 Å². The zero-order valence-electron chi connectivity index (χ0n) is 10.7. The molecule has 0 unspecified atom stereocenters. The number of benzene rings is 1. The second-order valence-corrected chi connectivity index (χ2v) is 6.36. The number of nitro benzene ring substituents is 1. The van der Waals surface area contributed by atoms with Crippen molar-refractivity contribution >= 4 is 15.7 Å². The van der Waals surface area contributed by atoms with Gasteiger partial charge >= 0.3 is 5.69 Å². The summed E-state index contributed by atoms with van der Waals surface area (Å²) >= 11 is 0. The van der Waals surface area contributed by atoms with Gasteiger partial charge < -0.3 is 5.32 Å². The molecule has 1 atom stereocenters. The topological polar surface area (TPSA) is 101 Å². The summed E-state index contributed by atoms with van der Waals surface area (Å²) in [6, 6.07) is 1.57. The Morgan fingerprint density at radius 2 is 2.20 bits per heavy atom. The number of sulfonamides is 1. The van der Waals surface area contributed by atoms with Gasteiger partial charge in [0.25, 0.3) is 0 Å². The largest absolute Gasteiger partial charge is 0.315 e. The van der Waals surface area contributed by atoms with Crippen LogP contribution in [0.25, 0.3) is 0 Å². The molecular weight excluding hydrogens is 289 g/mol. The molecule has 2 N–H and O–H groups in total. The van der Waals surface area contributed by atoms with Gasteiger partial charge in [-0.15, -0.1) is 0 Å². The minimum Gasteiger partial charge on any atom is -0.315 e. The number of hydrogen-bond acceptors (Lipinski definition) is 5. The Labute approximate surface area is 115 Å². The molecule has 7 nitrogen and oxygen atoms in total. The lowest BCUT2D eigenvalue weighted by Crippen LogP contribution is -2.36. The number of aryl methyl sites for hydroxylation is 1. The SMILES string of the molecule is Cc1cc(S(=O)(=O)N[C@H]2CCNC2)cc([N+](=O)[O-])c1F. The van der Waals surface area contributed by atoms with Crippen LogP contribution < -0.4 is 10.0 Å². The van der Waals surface area contributed by atoms with Gasteiger partial charge in [-0.3, -0.25) is 10.1 Å². The molecule has 1 saturated heterocycles. The van der Waals surface area contributed by atoms with E-state index in [0.717, 1.165) is 12.1 Å². The molecule has 1 aliphatic rings. The Morgan fingerprint density at radius 1 is 1.50 bits per heavy atom. The summed E-state index contributed by atoms with van der Waals surface area (Å²) in [5.74, 6) is -1.02. The molecule has 1 fully saturated rings. The van der Waals surface area contributed by atoms with Crippen LogP contribution >= 0.6 is 0 Å². The van der Waals surface area contributed by atoms with Gasteiger partial charge in [-0.2, -0.15) is 4.39 Å². The van der Waals surface area contributed by atoms with E-state index in [9.17, 15) is 22.9 Å². The van der Waals surface area contributed by atoms with E-state index in [2.05, 4.69) is 10.0 Å². The average Bonchev–Trinajstić information content (AvgIpc) is 2.83. The monoisotopic (exact) mass is 303 g/mol. The van der Waals surface area contributed by atoms with Gasteiger partial charge in [0.1, 0.15) is 0 Å². The van der Waals surface area contributed by atoms with Gasteiger partial charge in [-0.05, 0) is 31.5 Å². The van der Waals surface area contributed by atoms with E-state index in [0.29, 0.717) is 19.5 Å². The smallest absolute Gasteiger partial charge is 0.306 e. The van der Waals surface area contributed by atoms with Crippen LogP contribution in [0.4, 0.5) is 10.1 Å². The van der Waals surface area contributed by atoms with Crippen LogP contribution in [0.5, 0.6) is 0 Å². The maximum absolute atomic E-state index is 13.6. The Bertz CT molecular complexity index is 641. The van der Waals surface area contributed by atoms with E-state index in [1.165, 1.54) is 6.92 Å². The molecule has 1 heterocycles. The van der Waals surface area contributed by atoms with Crippen LogP contribution in [0.1, 0.15) is 12.0 Å². The molecule has 0 aromatic heterocycles. The molecule has 2 rings (SSSR count). The lowest BCUT2D eigenvalue weighted by atomic mass is 10.2. The number of rotatable bonds is 4. The standard InChI is InChI=1S/C11H14FN3O4S/c1-7-4-9(5-10(11(7)12)15(16)17)20(18,19)14-8-2-3-13-6-8/h4-5,8,13-14H,2-3,6H2,1H3/t8-/m0/s1. The van der Waals surface area contributed by atoms with Gasteiger partial charge in [0.15, 0.2) is 0 Å². The van der Waals surface area contributed by atoms with Crippen LogP contribution in [-0.2, 0) is 10.0 Å². The van der Waals surface area contributed by atoms with Crippen molar-refractivity contribution < 1.29 is 17.7 Å². The van der Waals surface area contributed by atoms with Crippen molar-refractivity contribution in [3.63, 3.8) is 0 Å². The molecule has 20 heavy (non-hydrogen) atoms. The molecule has 0 bridgehead atoms. The molecule has 1 aromatic rings. The van der Waals surface area contributed by atoms with E-state index in [1.54, 1.807) is 0 Å². The summed E-state index contributed by atoms with van der Waals surface area (Å²) in [6.07, 6.45) is 0.640. The van der Waals surface area contributed by atoms with E-state index in [1.807, 2.05) is 0 Å². The molecular formula is C11H14FN3O4S. The predicted octanol–water partition coefficient (Wildman–Crippen LogP) is 0.683. The second kappa shape index (κ2) is 5.43. The Morgan fingerprint density at radius 3 is 2.75 bits per heavy atom. The Balaban J connectivity index is 2.38. The van der Waals surface area contributed by atoms with Gasteiger partial charge in [0.2, 0.25) is 15.8 Å². The highest BCUT2D eigenvalue weighted by molar-refractivity contribution is 7.89. The first kappa shape index (κ1) is 14.8. The van der Waals surface area contributed by atoms with Crippen LogP contribution in [0.2, 0.25) is 0 Å². The van der Waals surface area contributed by atoms with E-state index < -0.39 is 26.5 Å². The highest BCUT2D eigenvalue weighted by atomic mass is 32.2. The summed E-state index contributed by atoms with van der Waals surface area (Å²) < 4.78 is 40.3. The molecule has 1 aliphatic heterocycles. The third-order valence-corrected chi connectivity index (χ3v) is 4.60. The fourth-order valence-electron chi connectivity index (χ4n) is 2.05. The maximum atomic E-state index is 13.6. The van der Waals surface area contributed by atoms with Crippen molar-refractivity contribution in [2.75, 3.05) is 13.1 Å². The molecule has 0 spiro atoms. The first-order valence-corrected chi connectivity index (χ1v) is 7.47. The van der Waals surface area contributed by atoms with Gasteiger partial charge in [0, 0.05) is 18.7 Å². The molecule has 9 heteroatoms. The molecule has 110 valence electrons. The van der Waals surface area contributed by atoms with Crippen LogP contribution in [0.3, 0.4) is 0 Å². The zero-order valence-corrected chi connectivity index (χ0v) is 11.5. The maximum Gasteiger partial charge on any atom is 0.306 e. The van der Waals surface area contributed by atoms with Gasteiger partial charge in [-0.1, -0.05) is 0 Å². The minimum atomic E-state index is -3.90. The number of hydrogen-bond donors (Lipinski definition) is 2. The number of halogens is 1. The Kier molecular flexibility index (Phi) is 4.02. The summed E-state index contributed by atoms with van der Waals surface area (Å²) in [6.45, 7) is 2.50. The fraction of sp³-hybridized carbons (Fsp3) is 0.455. The molecule has 1 aromatic carbocycles. The van der Waals surface area contributed by atoms with Crippen LogP contribution in [0.15, 0.2) is 17.0 Å². The predicted molar refractivity (Wildman–Crippen MR) is 69.4 cm³/mol. The van der Waals surface area contributed by atoms with Crippen molar-refractivity contribution in [3.8, 4) is 0 Å². The average molecular weight is 303 g/mol. The van der Waals surface area contributed by atoms with Crippen molar-refractivity contribution in [2.45, 2.75) is 24.3 Å². The highest BCUT2D eigenvalue weighted by Gasteiger charge is 2.27. The second-order valence-electron chi connectivity index (χ2n) is 4.64. The number of nitrogens with one attached hydrogen (secondary N) is 2. The number of nitro groups is 1. The van der Waals surface area contributed by atoms with E-state index in [-0.39, 0.29) is 16.5 Å². The van der Waals surface area contributed by atoms with Crippen molar-refractivity contribution in [3.05, 3.63) is 33.6 Å². The minimum absolute atomic E-state index is 0.0795. The van der Waals surface area contributed by atoms with Gasteiger partial charge in [-0.25, -0.2) is 13.1 Å². The summed E-state index contributed by atoms with van der Waals surface area (Å²) in [7, 11) is -3.90. The van der Waals surface area contributed by atoms with Crippen molar-refractivity contribution in [2.24, 2.45) is 0 Å². The third-order valence-electron chi connectivity index (χ3n) is 3.10. The fourth-order valence-corrected chi connectivity index (χ4v) is 3.42. The summed E-state index contributed by atoms with van der Waals surface area (Å²) in [4.78, 5) is 9.51. The normalized spacial score (nSPS) is 19.2. The molecule has 0 amide bonds. The van der Waals surface area contributed by atoms with Crippen LogP contribution in [0, 0.1) is 22.9 Å². The zero-order chi connectivity index (χ0) is 14.9. The quantitative estimate of drug-likeness (QED) is 0.629. The van der Waals surface area contributed by atoms with Crippen LogP contribution in [-0.4, -0.2) is 32.5 Å². The molecule has 0 aliphatic carbocycles. The third kappa shape index (κ3) is 2.94. The lowest BCUT2D eigenvalue weighted by Gasteiger charge is -2.12. The highest BCUT2D eigenvalue weighted by Crippen LogP contribution is 2.25. The van der Waals surface area contributed by atoms with Crippen molar-refractivity contribution in [1.29, 1.82) is 0 Å². The molecule has 0 radical (unpaired) electrons. The first-order valence-electron chi connectivity index (χ1n) is 5.99. The lowest BCUT2D eigenvalue weighted by molar-refractivity contribution is -0.387. The van der Waals surface area contributed by atoms with E-state index in [4.69, 9.17) is 0 Å². The Hall–Kier alpha value is -1.58. The number of nitrogens with zero attached hydrogens (tertiary/aromatic N) is 1.